The minimum absolute atomic E-state index is 0.00414. The molecule has 1 aromatic heterocycles. The third-order valence-electron chi connectivity index (χ3n) is 4.02. The number of hydrogen-bond acceptors (Lipinski definition) is 2. The summed E-state index contributed by atoms with van der Waals surface area (Å²) in [5, 5.41) is 4.24. The monoisotopic (exact) mass is 295 g/mol. The van der Waals surface area contributed by atoms with Crippen LogP contribution in [0.15, 0.2) is 18.3 Å². The van der Waals surface area contributed by atoms with E-state index >= 15 is 0 Å². The minimum atomic E-state index is 0.00414. The molecule has 0 saturated heterocycles. The van der Waals surface area contributed by atoms with E-state index in [0.717, 1.165) is 37.1 Å². The van der Waals surface area contributed by atoms with Crippen molar-refractivity contribution in [3.8, 4) is 0 Å². The summed E-state index contributed by atoms with van der Waals surface area (Å²) in [6, 6.07) is 0. The summed E-state index contributed by atoms with van der Waals surface area (Å²) in [4.78, 5) is 13.9. The summed E-state index contributed by atoms with van der Waals surface area (Å²) in [6.07, 6.45) is 9.58. The fourth-order valence-electron chi connectivity index (χ4n) is 2.58. The van der Waals surface area contributed by atoms with Crippen molar-refractivity contribution in [1.29, 1.82) is 0 Å². The summed E-state index contributed by atoms with van der Waals surface area (Å²) in [5.41, 5.74) is 2.19. The van der Waals surface area contributed by atoms with Gasteiger partial charge < -0.3 is 4.90 Å². The van der Waals surface area contributed by atoms with Crippen LogP contribution in [0.5, 0.6) is 0 Å². The van der Waals surface area contributed by atoms with E-state index in [1.165, 1.54) is 0 Å². The molecule has 1 heterocycles. The number of carbonyl (C=O) groups is 1. The van der Waals surface area contributed by atoms with E-state index in [0.29, 0.717) is 12.5 Å². The number of halogens is 1. The molecule has 5 heteroatoms. The summed E-state index contributed by atoms with van der Waals surface area (Å²) < 4.78 is 1.84. The number of aromatic nitrogens is 2. The van der Waals surface area contributed by atoms with Gasteiger partial charge in [-0.1, -0.05) is 12.2 Å². The van der Waals surface area contributed by atoms with E-state index < -0.39 is 0 Å². The molecule has 0 aliphatic heterocycles. The molecule has 110 valence electrons. The van der Waals surface area contributed by atoms with Gasteiger partial charge in [-0.2, -0.15) is 5.10 Å². The summed E-state index contributed by atoms with van der Waals surface area (Å²) in [7, 11) is 1.92. The van der Waals surface area contributed by atoms with Gasteiger partial charge in [-0.3, -0.25) is 9.48 Å². The first-order chi connectivity index (χ1) is 9.61. The third kappa shape index (κ3) is 3.63. The molecule has 0 saturated carbocycles. The van der Waals surface area contributed by atoms with Gasteiger partial charge in [0.1, 0.15) is 5.88 Å². The second-order valence-corrected chi connectivity index (χ2v) is 5.70. The molecule has 0 aromatic carbocycles. The zero-order chi connectivity index (χ0) is 14.5. The molecule has 0 N–H and O–H groups in total. The molecule has 1 aliphatic rings. The van der Waals surface area contributed by atoms with Gasteiger partial charge >= 0.3 is 0 Å². The van der Waals surface area contributed by atoms with Gasteiger partial charge in [-0.05, 0) is 32.1 Å². The van der Waals surface area contributed by atoms with E-state index in [1.807, 2.05) is 29.7 Å². The Hall–Kier alpha value is -1.29. The smallest absolute Gasteiger partial charge is 0.237 e. The topological polar surface area (TPSA) is 38.1 Å². The van der Waals surface area contributed by atoms with Crippen LogP contribution in [-0.4, -0.2) is 33.0 Å². The first-order valence-corrected chi connectivity index (χ1v) is 7.61. The van der Waals surface area contributed by atoms with Crippen molar-refractivity contribution in [3.05, 3.63) is 29.6 Å². The molecule has 0 spiro atoms. The Labute approximate surface area is 125 Å². The van der Waals surface area contributed by atoms with Gasteiger partial charge in [0.2, 0.25) is 5.91 Å². The molecule has 0 bridgehead atoms. The van der Waals surface area contributed by atoms with Crippen molar-refractivity contribution in [2.24, 2.45) is 13.0 Å². The van der Waals surface area contributed by atoms with Crippen molar-refractivity contribution in [2.45, 2.75) is 32.7 Å². The Morgan fingerprint density at radius 2 is 2.35 bits per heavy atom. The SMILES string of the molecule is Cc1c(CN(CC2CC=CCC2)C(=O)CCl)cnn1C. The van der Waals surface area contributed by atoms with Crippen LogP contribution in [0.2, 0.25) is 0 Å². The number of allylic oxidation sites excluding steroid dienone is 2. The Balaban J connectivity index is 2.05. The Morgan fingerprint density at radius 1 is 1.55 bits per heavy atom. The lowest BCUT2D eigenvalue weighted by Gasteiger charge is -2.28. The van der Waals surface area contributed by atoms with Gasteiger partial charge in [0.15, 0.2) is 0 Å². The van der Waals surface area contributed by atoms with Crippen LogP contribution in [-0.2, 0) is 18.4 Å². The second-order valence-electron chi connectivity index (χ2n) is 5.44. The van der Waals surface area contributed by atoms with Crippen LogP contribution >= 0.6 is 11.6 Å². The molecule has 1 amide bonds. The highest BCUT2D eigenvalue weighted by Crippen LogP contribution is 2.21. The number of aryl methyl sites for hydroxylation is 1. The van der Waals surface area contributed by atoms with Crippen LogP contribution in [0.4, 0.5) is 0 Å². The van der Waals surface area contributed by atoms with Gasteiger partial charge in [0.05, 0.1) is 6.20 Å². The number of carbonyl (C=O) groups excluding carboxylic acids is 1. The van der Waals surface area contributed by atoms with Crippen molar-refractivity contribution in [2.75, 3.05) is 12.4 Å². The highest BCUT2D eigenvalue weighted by molar-refractivity contribution is 6.27. The van der Waals surface area contributed by atoms with Crippen LogP contribution in [0, 0.1) is 12.8 Å². The first kappa shape index (κ1) is 15.1. The van der Waals surface area contributed by atoms with E-state index in [2.05, 4.69) is 17.3 Å². The number of alkyl halides is 1. The molecule has 1 unspecified atom stereocenters. The molecular weight excluding hydrogens is 274 g/mol. The quantitative estimate of drug-likeness (QED) is 0.619. The van der Waals surface area contributed by atoms with Crippen LogP contribution in [0.3, 0.4) is 0 Å². The molecule has 0 fully saturated rings. The average molecular weight is 296 g/mol. The van der Waals surface area contributed by atoms with Crippen LogP contribution < -0.4 is 0 Å². The highest BCUT2D eigenvalue weighted by atomic mass is 35.5. The Kier molecular flexibility index (Phi) is 5.24. The van der Waals surface area contributed by atoms with Crippen molar-refractivity contribution >= 4 is 17.5 Å². The summed E-state index contributed by atoms with van der Waals surface area (Å²) >= 11 is 5.75. The number of hydrogen-bond donors (Lipinski definition) is 0. The lowest BCUT2D eigenvalue weighted by atomic mass is 9.94. The summed E-state index contributed by atoms with van der Waals surface area (Å²) in [5.74, 6) is 0.593. The number of amides is 1. The van der Waals surface area contributed by atoms with Gasteiger partial charge in [0.25, 0.3) is 0 Å². The standard InChI is InChI=1S/C15H22ClN3O/c1-12-14(9-17-18(12)2)11-19(15(20)8-16)10-13-6-4-3-5-7-13/h3-4,9,13H,5-8,10-11H2,1-2H3. The van der Waals surface area contributed by atoms with E-state index in [4.69, 9.17) is 11.6 Å². The summed E-state index contributed by atoms with van der Waals surface area (Å²) in [6.45, 7) is 3.41. The molecule has 1 aliphatic carbocycles. The molecule has 1 aromatic rings. The van der Waals surface area contributed by atoms with Gasteiger partial charge in [-0.25, -0.2) is 0 Å². The zero-order valence-electron chi connectivity index (χ0n) is 12.2. The largest absolute Gasteiger partial charge is 0.337 e. The van der Waals surface area contributed by atoms with Crippen molar-refractivity contribution < 1.29 is 4.79 Å². The molecule has 4 nitrogen and oxygen atoms in total. The third-order valence-corrected chi connectivity index (χ3v) is 4.25. The van der Waals surface area contributed by atoms with E-state index in [9.17, 15) is 4.79 Å². The Bertz CT molecular complexity index is 495. The molecule has 2 rings (SSSR count). The number of rotatable bonds is 5. The Morgan fingerprint density at radius 3 is 2.90 bits per heavy atom. The van der Waals surface area contributed by atoms with Gasteiger partial charge in [-0.15, -0.1) is 11.6 Å². The first-order valence-electron chi connectivity index (χ1n) is 7.08. The van der Waals surface area contributed by atoms with E-state index in [-0.39, 0.29) is 11.8 Å². The van der Waals surface area contributed by atoms with Crippen LogP contribution in [0.25, 0.3) is 0 Å². The van der Waals surface area contributed by atoms with Crippen molar-refractivity contribution in [3.63, 3.8) is 0 Å². The fraction of sp³-hybridized carbons (Fsp3) is 0.600. The lowest BCUT2D eigenvalue weighted by Crippen LogP contribution is -2.36. The highest BCUT2D eigenvalue weighted by Gasteiger charge is 2.20. The minimum Gasteiger partial charge on any atom is -0.337 e. The maximum atomic E-state index is 12.1. The lowest BCUT2D eigenvalue weighted by molar-refractivity contribution is -0.129. The van der Waals surface area contributed by atoms with Crippen LogP contribution in [0.1, 0.15) is 30.5 Å². The van der Waals surface area contributed by atoms with Gasteiger partial charge in [0, 0.05) is 31.4 Å². The average Bonchev–Trinajstić information content (AvgIpc) is 2.79. The van der Waals surface area contributed by atoms with E-state index in [1.54, 1.807) is 0 Å². The molecule has 0 radical (unpaired) electrons. The molecule has 1 atom stereocenters. The van der Waals surface area contributed by atoms with Crippen molar-refractivity contribution in [1.82, 2.24) is 14.7 Å². The zero-order valence-corrected chi connectivity index (χ0v) is 12.9. The fourth-order valence-corrected chi connectivity index (χ4v) is 2.75. The normalized spacial score (nSPS) is 18.2. The molecular formula is C15H22ClN3O. The maximum Gasteiger partial charge on any atom is 0.237 e. The molecule has 20 heavy (non-hydrogen) atoms. The predicted octanol–water partition coefficient (Wildman–Crippen LogP) is 2.65. The maximum absolute atomic E-state index is 12.1. The second kappa shape index (κ2) is 6.93. The predicted molar refractivity (Wildman–Crippen MR) is 80.6 cm³/mol. The number of nitrogens with zero attached hydrogens (tertiary/aromatic N) is 3.